The van der Waals surface area contributed by atoms with Crippen molar-refractivity contribution in [3.05, 3.63) is 0 Å². The zero-order valence-electron chi connectivity index (χ0n) is 14.5. The van der Waals surface area contributed by atoms with Gasteiger partial charge in [-0.15, -0.1) is 0 Å². The second-order valence-electron chi connectivity index (χ2n) is 6.18. The van der Waals surface area contributed by atoms with Crippen molar-refractivity contribution in [1.29, 1.82) is 0 Å². The monoisotopic (exact) mass is 346 g/mol. The summed E-state index contributed by atoms with van der Waals surface area (Å²) in [4.78, 5) is 35.5. The molecule has 0 heterocycles. The summed E-state index contributed by atoms with van der Waals surface area (Å²) in [5.74, 6) is -2.63. The van der Waals surface area contributed by atoms with E-state index in [1.54, 1.807) is 13.8 Å². The van der Waals surface area contributed by atoms with Crippen LogP contribution >= 0.6 is 0 Å². The molecule has 0 aliphatic rings. The van der Waals surface area contributed by atoms with E-state index in [2.05, 4.69) is 10.6 Å². The van der Waals surface area contributed by atoms with Crippen LogP contribution < -0.4 is 22.1 Å². The lowest BCUT2D eigenvalue weighted by atomic mass is 10.0. The maximum atomic E-state index is 12.3. The summed E-state index contributed by atoms with van der Waals surface area (Å²) in [6, 6.07) is -3.17. The third kappa shape index (κ3) is 7.71. The fourth-order valence-corrected chi connectivity index (χ4v) is 1.97. The number of carbonyl (C=O) groups excluding carboxylic acids is 2. The van der Waals surface area contributed by atoms with Crippen LogP contribution in [0.1, 0.15) is 40.0 Å². The molecule has 0 aromatic rings. The van der Waals surface area contributed by atoms with E-state index in [0.717, 1.165) is 0 Å². The van der Waals surface area contributed by atoms with Crippen LogP contribution in [-0.4, -0.2) is 58.8 Å². The van der Waals surface area contributed by atoms with Crippen LogP contribution in [0.3, 0.4) is 0 Å². The van der Waals surface area contributed by atoms with Gasteiger partial charge in [-0.25, -0.2) is 4.79 Å². The zero-order chi connectivity index (χ0) is 18.9. The van der Waals surface area contributed by atoms with E-state index >= 15 is 0 Å². The first-order valence-corrected chi connectivity index (χ1v) is 8.09. The molecule has 0 aliphatic heterocycles. The van der Waals surface area contributed by atoms with E-state index in [-0.39, 0.29) is 5.92 Å². The minimum absolute atomic E-state index is 0.109. The van der Waals surface area contributed by atoms with Crippen molar-refractivity contribution in [2.45, 2.75) is 64.3 Å². The molecule has 0 saturated heterocycles. The number of aliphatic hydroxyl groups excluding tert-OH is 1. The number of amides is 2. The Bertz CT molecular complexity index is 428. The van der Waals surface area contributed by atoms with Crippen molar-refractivity contribution >= 4 is 17.8 Å². The first kappa shape index (κ1) is 22.3. The number of carboxylic acid groups (broad SMARTS) is 1. The van der Waals surface area contributed by atoms with E-state index < -0.39 is 42.0 Å². The van der Waals surface area contributed by atoms with Gasteiger partial charge in [-0.05, 0) is 38.6 Å². The van der Waals surface area contributed by atoms with Gasteiger partial charge in [0.1, 0.15) is 6.04 Å². The average molecular weight is 346 g/mol. The molecule has 0 spiro atoms. The summed E-state index contributed by atoms with van der Waals surface area (Å²) in [6.45, 7) is 5.26. The average Bonchev–Trinajstić information content (AvgIpc) is 2.49. The first-order chi connectivity index (χ1) is 11.1. The van der Waals surface area contributed by atoms with Crippen LogP contribution in [0.15, 0.2) is 0 Å². The van der Waals surface area contributed by atoms with Crippen molar-refractivity contribution in [3.63, 3.8) is 0 Å². The van der Waals surface area contributed by atoms with E-state index in [1.807, 2.05) is 0 Å². The SMILES string of the molecule is CC(C)C(N)C(=O)NC(CCCCN)C(=O)NC(C(=O)O)C(C)O. The number of hydrogen-bond donors (Lipinski definition) is 6. The highest BCUT2D eigenvalue weighted by Gasteiger charge is 2.30. The molecule has 0 radical (unpaired) electrons. The Morgan fingerprint density at radius 1 is 1.04 bits per heavy atom. The summed E-state index contributed by atoms with van der Waals surface area (Å²) in [7, 11) is 0. The van der Waals surface area contributed by atoms with E-state index in [4.69, 9.17) is 16.6 Å². The smallest absolute Gasteiger partial charge is 0.328 e. The molecule has 0 aromatic carbocycles. The van der Waals surface area contributed by atoms with Gasteiger partial charge in [-0.1, -0.05) is 13.8 Å². The lowest BCUT2D eigenvalue weighted by Gasteiger charge is -2.24. The van der Waals surface area contributed by atoms with Gasteiger partial charge in [0, 0.05) is 0 Å². The molecule has 0 saturated carbocycles. The van der Waals surface area contributed by atoms with Crippen LogP contribution in [0.25, 0.3) is 0 Å². The molecule has 9 nitrogen and oxygen atoms in total. The van der Waals surface area contributed by atoms with Gasteiger partial charge >= 0.3 is 5.97 Å². The molecule has 0 rings (SSSR count). The fraction of sp³-hybridized carbons (Fsp3) is 0.800. The molecule has 2 amide bonds. The van der Waals surface area contributed by atoms with Crippen molar-refractivity contribution in [1.82, 2.24) is 10.6 Å². The Kier molecular flexibility index (Phi) is 10.2. The molecule has 0 aromatic heterocycles. The number of rotatable bonds is 11. The number of hydrogen-bond acceptors (Lipinski definition) is 6. The molecule has 24 heavy (non-hydrogen) atoms. The number of unbranched alkanes of at least 4 members (excludes halogenated alkanes) is 1. The lowest BCUT2D eigenvalue weighted by molar-refractivity contribution is -0.145. The third-order valence-corrected chi connectivity index (χ3v) is 3.65. The summed E-state index contributed by atoms with van der Waals surface area (Å²) in [5, 5.41) is 23.3. The van der Waals surface area contributed by atoms with E-state index in [9.17, 15) is 19.5 Å². The quantitative estimate of drug-likeness (QED) is 0.248. The Morgan fingerprint density at radius 3 is 2.04 bits per heavy atom. The molecule has 9 heteroatoms. The number of nitrogens with one attached hydrogen (secondary N) is 2. The first-order valence-electron chi connectivity index (χ1n) is 8.09. The van der Waals surface area contributed by atoms with Gasteiger partial charge in [0.15, 0.2) is 6.04 Å². The molecule has 0 bridgehead atoms. The standard InChI is InChI=1S/C15H30N4O5/c1-8(2)11(17)14(22)18-10(6-4-5-7-16)13(21)19-12(9(3)20)15(23)24/h8-12,20H,4-7,16-17H2,1-3H3,(H,18,22)(H,19,21)(H,23,24). The minimum atomic E-state index is -1.45. The highest BCUT2D eigenvalue weighted by Crippen LogP contribution is 2.05. The molecule has 140 valence electrons. The fourth-order valence-electron chi connectivity index (χ4n) is 1.97. The molecule has 0 fully saturated rings. The van der Waals surface area contributed by atoms with Crippen LogP contribution in [0.4, 0.5) is 0 Å². The zero-order valence-corrected chi connectivity index (χ0v) is 14.5. The van der Waals surface area contributed by atoms with Crippen molar-refractivity contribution in [2.75, 3.05) is 6.54 Å². The van der Waals surface area contributed by atoms with Gasteiger partial charge in [0.2, 0.25) is 11.8 Å². The highest BCUT2D eigenvalue weighted by atomic mass is 16.4. The third-order valence-electron chi connectivity index (χ3n) is 3.65. The Labute approximate surface area is 142 Å². The molecule has 4 unspecified atom stereocenters. The van der Waals surface area contributed by atoms with Gasteiger partial charge < -0.3 is 32.3 Å². The second-order valence-corrected chi connectivity index (χ2v) is 6.18. The predicted molar refractivity (Wildman–Crippen MR) is 88.9 cm³/mol. The predicted octanol–water partition coefficient (Wildman–Crippen LogP) is -1.47. The molecule has 4 atom stereocenters. The normalized spacial score (nSPS) is 16.1. The van der Waals surface area contributed by atoms with Gasteiger partial charge in [-0.3, -0.25) is 9.59 Å². The van der Waals surface area contributed by atoms with Crippen LogP contribution in [-0.2, 0) is 14.4 Å². The number of aliphatic carboxylic acids is 1. The summed E-state index contributed by atoms with van der Waals surface area (Å²) < 4.78 is 0. The molecule has 8 N–H and O–H groups in total. The van der Waals surface area contributed by atoms with Crippen molar-refractivity contribution in [3.8, 4) is 0 Å². The van der Waals surface area contributed by atoms with Gasteiger partial charge in [0.05, 0.1) is 12.1 Å². The lowest BCUT2D eigenvalue weighted by Crippen LogP contribution is -2.57. The largest absolute Gasteiger partial charge is 0.480 e. The number of carboxylic acids is 1. The van der Waals surface area contributed by atoms with Crippen molar-refractivity contribution in [2.24, 2.45) is 17.4 Å². The Morgan fingerprint density at radius 2 is 1.62 bits per heavy atom. The molecule has 0 aliphatic carbocycles. The maximum Gasteiger partial charge on any atom is 0.328 e. The van der Waals surface area contributed by atoms with Crippen LogP contribution in [0.2, 0.25) is 0 Å². The van der Waals surface area contributed by atoms with Gasteiger partial charge in [0.25, 0.3) is 0 Å². The minimum Gasteiger partial charge on any atom is -0.480 e. The Balaban J connectivity index is 5.00. The van der Waals surface area contributed by atoms with Gasteiger partial charge in [-0.2, -0.15) is 0 Å². The molecular formula is C15H30N4O5. The highest BCUT2D eigenvalue weighted by molar-refractivity contribution is 5.91. The molecular weight excluding hydrogens is 316 g/mol. The maximum absolute atomic E-state index is 12.3. The second kappa shape index (κ2) is 11.0. The number of carbonyl (C=O) groups is 3. The van der Waals surface area contributed by atoms with E-state index in [0.29, 0.717) is 25.8 Å². The van der Waals surface area contributed by atoms with Crippen LogP contribution in [0, 0.1) is 5.92 Å². The topological polar surface area (TPSA) is 168 Å². The van der Waals surface area contributed by atoms with E-state index in [1.165, 1.54) is 6.92 Å². The van der Waals surface area contributed by atoms with Crippen LogP contribution in [0.5, 0.6) is 0 Å². The Hall–Kier alpha value is -1.71. The number of aliphatic hydroxyl groups is 1. The number of nitrogens with two attached hydrogens (primary N) is 2. The summed E-state index contributed by atoms with van der Waals surface area (Å²) in [6.07, 6.45) is 0.267. The van der Waals surface area contributed by atoms with Crippen molar-refractivity contribution < 1.29 is 24.6 Å². The summed E-state index contributed by atoms with van der Waals surface area (Å²) in [5.41, 5.74) is 11.2. The summed E-state index contributed by atoms with van der Waals surface area (Å²) >= 11 is 0.